The molecular formula is C16H19BrN2O5. The number of halogens is 1. The molecule has 0 aliphatic heterocycles. The van der Waals surface area contributed by atoms with Crippen LogP contribution in [0.15, 0.2) is 22.7 Å². The molecule has 1 aromatic carbocycles. The lowest BCUT2D eigenvalue weighted by Crippen LogP contribution is -2.47. The van der Waals surface area contributed by atoms with Gasteiger partial charge in [0.15, 0.2) is 0 Å². The lowest BCUT2D eigenvalue weighted by Gasteiger charge is -2.27. The zero-order chi connectivity index (χ0) is 17.7. The minimum Gasteiger partial charge on any atom is -0.496 e. The van der Waals surface area contributed by atoms with E-state index in [-0.39, 0.29) is 0 Å². The molecule has 3 N–H and O–H groups in total. The number of hydrazine groups is 1. The van der Waals surface area contributed by atoms with Crippen LogP contribution in [0.5, 0.6) is 5.75 Å². The van der Waals surface area contributed by atoms with Crippen molar-refractivity contribution in [2.24, 2.45) is 11.8 Å². The highest BCUT2D eigenvalue weighted by Crippen LogP contribution is 2.30. The SMILES string of the molecule is COc1ccc(C(=O)NNC(=O)C2CCCC[C@@H]2C(=O)O)cc1Br. The van der Waals surface area contributed by atoms with Crippen molar-refractivity contribution >= 4 is 33.7 Å². The van der Waals surface area contributed by atoms with Gasteiger partial charge in [0.05, 0.1) is 23.4 Å². The Labute approximate surface area is 147 Å². The number of hydrogen-bond donors (Lipinski definition) is 3. The monoisotopic (exact) mass is 398 g/mol. The van der Waals surface area contributed by atoms with Crippen LogP contribution in [0.2, 0.25) is 0 Å². The summed E-state index contributed by atoms with van der Waals surface area (Å²) in [5.41, 5.74) is 5.00. The third-order valence-corrected chi connectivity index (χ3v) is 4.75. The van der Waals surface area contributed by atoms with Gasteiger partial charge in [0.2, 0.25) is 5.91 Å². The zero-order valence-electron chi connectivity index (χ0n) is 13.2. The van der Waals surface area contributed by atoms with Crippen LogP contribution in [0, 0.1) is 11.8 Å². The molecule has 130 valence electrons. The first kappa shape index (κ1) is 18.3. The minimum atomic E-state index is -0.972. The van der Waals surface area contributed by atoms with Crippen molar-refractivity contribution in [2.45, 2.75) is 25.7 Å². The Kier molecular flexibility index (Phi) is 6.19. The van der Waals surface area contributed by atoms with Crippen LogP contribution in [-0.4, -0.2) is 30.0 Å². The molecule has 1 saturated carbocycles. The Morgan fingerprint density at radius 1 is 1.17 bits per heavy atom. The van der Waals surface area contributed by atoms with E-state index in [1.807, 2.05) is 0 Å². The van der Waals surface area contributed by atoms with Crippen molar-refractivity contribution in [3.8, 4) is 5.75 Å². The van der Waals surface area contributed by atoms with Crippen LogP contribution in [0.1, 0.15) is 36.0 Å². The molecule has 2 amide bonds. The molecule has 1 aliphatic carbocycles. The second kappa shape index (κ2) is 8.14. The number of carboxylic acid groups (broad SMARTS) is 1. The highest BCUT2D eigenvalue weighted by molar-refractivity contribution is 9.10. The van der Waals surface area contributed by atoms with Gasteiger partial charge in [-0.25, -0.2) is 0 Å². The average Bonchev–Trinajstić information content (AvgIpc) is 2.59. The van der Waals surface area contributed by atoms with Gasteiger partial charge in [0, 0.05) is 5.56 Å². The molecular weight excluding hydrogens is 380 g/mol. The van der Waals surface area contributed by atoms with Crippen LogP contribution in [0.3, 0.4) is 0 Å². The molecule has 0 saturated heterocycles. The van der Waals surface area contributed by atoms with Crippen LogP contribution in [-0.2, 0) is 9.59 Å². The normalized spacial score (nSPS) is 20.1. The number of carbonyl (C=O) groups excluding carboxylic acids is 2. The van der Waals surface area contributed by atoms with Gasteiger partial charge in [-0.2, -0.15) is 0 Å². The summed E-state index contributed by atoms with van der Waals surface area (Å²) >= 11 is 3.28. The third kappa shape index (κ3) is 4.25. The number of ether oxygens (including phenoxy) is 1. The lowest BCUT2D eigenvalue weighted by atomic mass is 9.79. The van der Waals surface area contributed by atoms with Gasteiger partial charge in [-0.3, -0.25) is 25.2 Å². The van der Waals surface area contributed by atoms with E-state index in [1.54, 1.807) is 18.2 Å². The van der Waals surface area contributed by atoms with Gasteiger partial charge in [-0.15, -0.1) is 0 Å². The number of methoxy groups -OCH3 is 1. The van der Waals surface area contributed by atoms with Crippen molar-refractivity contribution in [3.05, 3.63) is 28.2 Å². The van der Waals surface area contributed by atoms with Gasteiger partial charge >= 0.3 is 5.97 Å². The quantitative estimate of drug-likeness (QED) is 0.673. The van der Waals surface area contributed by atoms with E-state index in [1.165, 1.54) is 7.11 Å². The summed E-state index contributed by atoms with van der Waals surface area (Å²) in [6.45, 7) is 0. The second-order valence-electron chi connectivity index (χ2n) is 5.63. The Morgan fingerprint density at radius 3 is 2.42 bits per heavy atom. The summed E-state index contributed by atoms with van der Waals surface area (Å²) in [6, 6.07) is 4.76. The predicted molar refractivity (Wildman–Crippen MR) is 89.4 cm³/mol. The van der Waals surface area contributed by atoms with E-state index in [2.05, 4.69) is 26.8 Å². The number of carboxylic acids is 1. The van der Waals surface area contributed by atoms with E-state index in [4.69, 9.17) is 4.74 Å². The molecule has 8 heteroatoms. The van der Waals surface area contributed by atoms with Gasteiger partial charge in [0.1, 0.15) is 5.75 Å². The standard InChI is InChI=1S/C16H19BrN2O5/c1-24-13-7-6-9(8-12(13)17)14(20)18-19-15(21)10-4-2-3-5-11(10)16(22)23/h6-8,10-11H,2-5H2,1H3,(H,18,20)(H,19,21)(H,22,23)/t10?,11-/m0/s1. The molecule has 24 heavy (non-hydrogen) atoms. The number of amides is 2. The molecule has 1 aliphatic rings. The molecule has 0 spiro atoms. The Hall–Kier alpha value is -2.09. The number of nitrogens with one attached hydrogen (secondary N) is 2. The molecule has 0 aromatic heterocycles. The van der Waals surface area contributed by atoms with Gasteiger partial charge in [-0.05, 0) is 47.0 Å². The van der Waals surface area contributed by atoms with Crippen molar-refractivity contribution < 1.29 is 24.2 Å². The molecule has 1 fully saturated rings. The Bertz CT molecular complexity index is 649. The summed E-state index contributed by atoms with van der Waals surface area (Å²) in [4.78, 5) is 35.5. The molecule has 0 heterocycles. The van der Waals surface area contributed by atoms with Crippen LogP contribution in [0.4, 0.5) is 0 Å². The molecule has 0 radical (unpaired) electrons. The maximum atomic E-state index is 12.2. The molecule has 7 nitrogen and oxygen atoms in total. The van der Waals surface area contributed by atoms with Crippen molar-refractivity contribution in [1.29, 1.82) is 0 Å². The largest absolute Gasteiger partial charge is 0.496 e. The van der Waals surface area contributed by atoms with Gasteiger partial charge < -0.3 is 9.84 Å². The minimum absolute atomic E-state index is 0.335. The number of rotatable bonds is 4. The van der Waals surface area contributed by atoms with E-state index < -0.39 is 29.6 Å². The first-order valence-corrected chi connectivity index (χ1v) is 8.40. The predicted octanol–water partition coefficient (Wildman–Crippen LogP) is 2.11. The van der Waals surface area contributed by atoms with Gasteiger partial charge in [0.25, 0.3) is 5.91 Å². The first-order chi connectivity index (χ1) is 11.4. The highest BCUT2D eigenvalue weighted by atomic mass is 79.9. The van der Waals surface area contributed by atoms with Crippen LogP contribution < -0.4 is 15.6 Å². The van der Waals surface area contributed by atoms with Crippen LogP contribution >= 0.6 is 15.9 Å². The Balaban J connectivity index is 1.96. The fraction of sp³-hybridized carbons (Fsp3) is 0.438. The fourth-order valence-corrected chi connectivity index (χ4v) is 3.37. The fourth-order valence-electron chi connectivity index (χ4n) is 2.83. The maximum absolute atomic E-state index is 12.2. The van der Waals surface area contributed by atoms with E-state index in [0.29, 0.717) is 28.6 Å². The average molecular weight is 399 g/mol. The zero-order valence-corrected chi connectivity index (χ0v) is 14.8. The summed E-state index contributed by atoms with van der Waals surface area (Å²) in [5, 5.41) is 9.21. The molecule has 2 rings (SSSR count). The van der Waals surface area contributed by atoms with E-state index in [0.717, 1.165) is 12.8 Å². The number of benzene rings is 1. The van der Waals surface area contributed by atoms with E-state index in [9.17, 15) is 19.5 Å². The Morgan fingerprint density at radius 2 is 1.83 bits per heavy atom. The van der Waals surface area contributed by atoms with Gasteiger partial charge in [-0.1, -0.05) is 12.8 Å². The smallest absolute Gasteiger partial charge is 0.307 e. The lowest BCUT2D eigenvalue weighted by molar-refractivity contribution is -0.149. The van der Waals surface area contributed by atoms with E-state index >= 15 is 0 Å². The maximum Gasteiger partial charge on any atom is 0.307 e. The summed E-state index contributed by atoms with van der Waals surface area (Å²) < 4.78 is 5.70. The van der Waals surface area contributed by atoms with Crippen molar-refractivity contribution in [2.75, 3.05) is 7.11 Å². The third-order valence-electron chi connectivity index (χ3n) is 4.13. The molecule has 2 atom stereocenters. The summed E-state index contributed by atoms with van der Waals surface area (Å²) in [6.07, 6.45) is 2.59. The van der Waals surface area contributed by atoms with Crippen molar-refractivity contribution in [3.63, 3.8) is 0 Å². The van der Waals surface area contributed by atoms with Crippen molar-refractivity contribution in [1.82, 2.24) is 10.9 Å². The summed E-state index contributed by atoms with van der Waals surface area (Å²) in [7, 11) is 1.52. The molecule has 1 unspecified atom stereocenters. The summed E-state index contributed by atoms with van der Waals surface area (Å²) in [5.74, 6) is -2.68. The molecule has 0 bridgehead atoms. The molecule has 1 aromatic rings. The number of aliphatic carboxylic acids is 1. The number of hydrogen-bond acceptors (Lipinski definition) is 4. The number of carbonyl (C=O) groups is 3. The topological polar surface area (TPSA) is 105 Å². The highest BCUT2D eigenvalue weighted by Gasteiger charge is 2.35. The first-order valence-electron chi connectivity index (χ1n) is 7.60. The van der Waals surface area contributed by atoms with Crippen LogP contribution in [0.25, 0.3) is 0 Å². The second-order valence-corrected chi connectivity index (χ2v) is 6.48.